The number of thiazole rings is 1. The van der Waals surface area contributed by atoms with Crippen LogP contribution in [0.25, 0.3) is 0 Å². The number of ether oxygens (including phenoxy) is 1. The third-order valence-corrected chi connectivity index (χ3v) is 4.17. The lowest BCUT2D eigenvalue weighted by molar-refractivity contribution is 0.0954. The van der Waals surface area contributed by atoms with Crippen molar-refractivity contribution < 1.29 is 9.53 Å². The van der Waals surface area contributed by atoms with Crippen molar-refractivity contribution >= 4 is 17.2 Å². The lowest BCUT2D eigenvalue weighted by Crippen LogP contribution is -2.25. The number of benzene rings is 1. The molecule has 0 fully saturated rings. The van der Waals surface area contributed by atoms with Crippen molar-refractivity contribution in [3.05, 3.63) is 51.0 Å². The Bertz CT molecular complexity index is 622. The van der Waals surface area contributed by atoms with Gasteiger partial charge in [0, 0.05) is 31.0 Å². The monoisotopic (exact) mass is 304 g/mol. The van der Waals surface area contributed by atoms with Crippen LogP contribution in [-0.4, -0.2) is 24.5 Å². The van der Waals surface area contributed by atoms with E-state index in [0.717, 1.165) is 22.7 Å². The number of hydrogen-bond donors (Lipinski definition) is 1. The first-order valence-electron chi connectivity index (χ1n) is 6.88. The summed E-state index contributed by atoms with van der Waals surface area (Å²) in [5.41, 5.74) is 4.02. The fourth-order valence-corrected chi connectivity index (χ4v) is 2.74. The van der Waals surface area contributed by atoms with E-state index in [4.69, 9.17) is 4.74 Å². The molecule has 0 bridgehead atoms. The van der Waals surface area contributed by atoms with Crippen LogP contribution in [0.2, 0.25) is 0 Å². The largest absolute Gasteiger partial charge is 0.378 e. The fourth-order valence-electron chi connectivity index (χ4n) is 1.94. The van der Waals surface area contributed by atoms with E-state index in [-0.39, 0.29) is 5.91 Å². The molecule has 0 unspecified atom stereocenters. The SMILES string of the molecule is COCc1nc(CCNC(=O)c2ccc(C)c(C)c2)cs1. The molecule has 1 amide bonds. The molecule has 2 rings (SSSR count). The summed E-state index contributed by atoms with van der Waals surface area (Å²) in [4.78, 5) is 16.5. The highest BCUT2D eigenvalue weighted by molar-refractivity contribution is 7.09. The molecule has 0 spiro atoms. The number of amides is 1. The van der Waals surface area contributed by atoms with Gasteiger partial charge in [0.25, 0.3) is 5.91 Å². The van der Waals surface area contributed by atoms with Crippen LogP contribution in [0.5, 0.6) is 0 Å². The molecule has 0 radical (unpaired) electrons. The molecule has 112 valence electrons. The molecule has 2 aromatic rings. The Morgan fingerprint density at radius 3 is 2.86 bits per heavy atom. The topological polar surface area (TPSA) is 51.2 Å². The summed E-state index contributed by atoms with van der Waals surface area (Å²) < 4.78 is 5.04. The van der Waals surface area contributed by atoms with Crippen molar-refractivity contribution in [2.24, 2.45) is 0 Å². The molecule has 1 aromatic heterocycles. The second-order valence-electron chi connectivity index (χ2n) is 4.97. The summed E-state index contributed by atoms with van der Waals surface area (Å²) in [5, 5.41) is 5.91. The maximum absolute atomic E-state index is 12.1. The average Bonchev–Trinajstić information content (AvgIpc) is 2.90. The second kappa shape index (κ2) is 7.33. The molecule has 1 aromatic carbocycles. The van der Waals surface area contributed by atoms with E-state index in [0.29, 0.717) is 18.7 Å². The molecular formula is C16H20N2O2S. The van der Waals surface area contributed by atoms with Gasteiger partial charge in [-0.3, -0.25) is 4.79 Å². The van der Waals surface area contributed by atoms with Gasteiger partial charge in [0.2, 0.25) is 0 Å². The number of nitrogens with one attached hydrogen (secondary N) is 1. The standard InChI is InChI=1S/C16H20N2O2S/c1-11-4-5-13(8-12(11)2)16(19)17-7-6-14-10-21-15(18-14)9-20-3/h4-5,8,10H,6-7,9H2,1-3H3,(H,17,19). The molecule has 1 N–H and O–H groups in total. The van der Waals surface area contributed by atoms with Crippen LogP contribution in [0.4, 0.5) is 0 Å². The van der Waals surface area contributed by atoms with E-state index >= 15 is 0 Å². The lowest BCUT2D eigenvalue weighted by Gasteiger charge is -2.06. The van der Waals surface area contributed by atoms with E-state index in [9.17, 15) is 4.79 Å². The van der Waals surface area contributed by atoms with E-state index < -0.39 is 0 Å². The summed E-state index contributed by atoms with van der Waals surface area (Å²) in [7, 11) is 1.66. The number of aryl methyl sites for hydroxylation is 2. The Kier molecular flexibility index (Phi) is 5.47. The zero-order chi connectivity index (χ0) is 15.2. The van der Waals surface area contributed by atoms with Gasteiger partial charge in [-0.15, -0.1) is 11.3 Å². The van der Waals surface area contributed by atoms with Crippen molar-refractivity contribution in [1.82, 2.24) is 10.3 Å². The van der Waals surface area contributed by atoms with Gasteiger partial charge in [0.05, 0.1) is 12.3 Å². The highest BCUT2D eigenvalue weighted by Crippen LogP contribution is 2.11. The highest BCUT2D eigenvalue weighted by atomic mass is 32.1. The molecule has 0 saturated carbocycles. The fraction of sp³-hybridized carbons (Fsp3) is 0.375. The van der Waals surface area contributed by atoms with Crippen molar-refractivity contribution in [2.75, 3.05) is 13.7 Å². The van der Waals surface area contributed by atoms with Gasteiger partial charge in [0.1, 0.15) is 5.01 Å². The Balaban J connectivity index is 1.84. The summed E-state index contributed by atoms with van der Waals surface area (Å²) in [6.45, 7) is 5.18. The summed E-state index contributed by atoms with van der Waals surface area (Å²) in [6.07, 6.45) is 0.733. The van der Waals surface area contributed by atoms with Crippen LogP contribution in [0.1, 0.15) is 32.2 Å². The van der Waals surface area contributed by atoms with Gasteiger partial charge < -0.3 is 10.1 Å². The molecule has 0 atom stereocenters. The van der Waals surface area contributed by atoms with E-state index in [1.807, 2.05) is 37.4 Å². The van der Waals surface area contributed by atoms with E-state index in [1.54, 1.807) is 18.4 Å². The van der Waals surface area contributed by atoms with Gasteiger partial charge in [0.15, 0.2) is 0 Å². The first kappa shape index (κ1) is 15.7. The molecule has 0 aliphatic carbocycles. The number of methoxy groups -OCH3 is 1. The summed E-state index contributed by atoms with van der Waals surface area (Å²) >= 11 is 1.58. The second-order valence-corrected chi connectivity index (χ2v) is 5.91. The Labute approximate surface area is 129 Å². The Morgan fingerprint density at radius 2 is 2.14 bits per heavy atom. The van der Waals surface area contributed by atoms with Gasteiger partial charge >= 0.3 is 0 Å². The van der Waals surface area contributed by atoms with Crippen molar-refractivity contribution in [2.45, 2.75) is 26.9 Å². The highest BCUT2D eigenvalue weighted by Gasteiger charge is 2.07. The first-order valence-corrected chi connectivity index (χ1v) is 7.76. The van der Waals surface area contributed by atoms with Crippen molar-refractivity contribution in [1.29, 1.82) is 0 Å². The number of nitrogens with zero attached hydrogens (tertiary/aromatic N) is 1. The number of rotatable bonds is 6. The minimum Gasteiger partial charge on any atom is -0.378 e. The average molecular weight is 304 g/mol. The number of hydrogen-bond acceptors (Lipinski definition) is 4. The van der Waals surface area contributed by atoms with Gasteiger partial charge in [-0.2, -0.15) is 0 Å². The Morgan fingerprint density at radius 1 is 1.33 bits per heavy atom. The predicted octanol–water partition coefficient (Wildman–Crippen LogP) is 2.88. The molecule has 21 heavy (non-hydrogen) atoms. The zero-order valence-corrected chi connectivity index (χ0v) is 13.4. The number of carbonyl (C=O) groups excluding carboxylic acids is 1. The molecular weight excluding hydrogens is 284 g/mol. The predicted molar refractivity (Wildman–Crippen MR) is 84.8 cm³/mol. The minimum atomic E-state index is -0.0366. The molecule has 1 heterocycles. The first-order chi connectivity index (χ1) is 10.1. The van der Waals surface area contributed by atoms with Crippen molar-refractivity contribution in [3.8, 4) is 0 Å². The molecule has 0 aliphatic rings. The summed E-state index contributed by atoms with van der Waals surface area (Å²) in [5.74, 6) is -0.0366. The van der Waals surface area contributed by atoms with Crippen molar-refractivity contribution in [3.63, 3.8) is 0 Å². The molecule has 4 nitrogen and oxygen atoms in total. The third-order valence-electron chi connectivity index (χ3n) is 3.30. The van der Waals surface area contributed by atoms with Crippen LogP contribution in [0.3, 0.4) is 0 Å². The van der Waals surface area contributed by atoms with Crippen LogP contribution in [0.15, 0.2) is 23.6 Å². The maximum Gasteiger partial charge on any atom is 0.251 e. The normalized spacial score (nSPS) is 10.6. The van der Waals surface area contributed by atoms with Gasteiger partial charge in [-0.1, -0.05) is 6.07 Å². The van der Waals surface area contributed by atoms with E-state index in [1.165, 1.54) is 5.56 Å². The zero-order valence-electron chi connectivity index (χ0n) is 12.6. The van der Waals surface area contributed by atoms with Crippen LogP contribution >= 0.6 is 11.3 Å². The number of carbonyl (C=O) groups is 1. The molecule has 0 saturated heterocycles. The van der Waals surface area contributed by atoms with Crippen LogP contribution in [-0.2, 0) is 17.8 Å². The quantitative estimate of drug-likeness (QED) is 0.893. The Hall–Kier alpha value is -1.72. The maximum atomic E-state index is 12.1. The summed E-state index contributed by atoms with van der Waals surface area (Å²) in [6, 6.07) is 5.75. The third kappa shape index (κ3) is 4.37. The smallest absolute Gasteiger partial charge is 0.251 e. The van der Waals surface area contributed by atoms with Crippen LogP contribution < -0.4 is 5.32 Å². The molecule has 0 aliphatic heterocycles. The van der Waals surface area contributed by atoms with Gasteiger partial charge in [-0.25, -0.2) is 4.98 Å². The van der Waals surface area contributed by atoms with Gasteiger partial charge in [-0.05, 0) is 37.1 Å². The van der Waals surface area contributed by atoms with Crippen LogP contribution in [0, 0.1) is 13.8 Å². The molecule has 5 heteroatoms. The lowest BCUT2D eigenvalue weighted by atomic mass is 10.1. The minimum absolute atomic E-state index is 0.0366. The number of aromatic nitrogens is 1. The van der Waals surface area contributed by atoms with E-state index in [2.05, 4.69) is 10.3 Å².